The zero-order valence-corrected chi connectivity index (χ0v) is 13.7. The summed E-state index contributed by atoms with van der Waals surface area (Å²) in [5.41, 5.74) is 1.15. The molecule has 0 saturated heterocycles. The quantitative estimate of drug-likeness (QED) is 0.697. The minimum Gasteiger partial charge on any atom is -0.252 e. The average Bonchev–Trinajstić information content (AvgIpc) is 2.47. The van der Waals surface area contributed by atoms with Crippen molar-refractivity contribution in [3.8, 4) is 0 Å². The van der Waals surface area contributed by atoms with Crippen LogP contribution in [0.3, 0.4) is 0 Å². The highest BCUT2D eigenvalue weighted by Crippen LogP contribution is 2.21. The topological polar surface area (TPSA) is 47.0 Å². The van der Waals surface area contributed by atoms with E-state index in [-0.39, 0.29) is 10.6 Å². The van der Waals surface area contributed by atoms with Gasteiger partial charge in [0.2, 0.25) is 0 Å². The van der Waals surface area contributed by atoms with Crippen molar-refractivity contribution in [1.82, 2.24) is 4.98 Å². The molecule has 112 valence electrons. The summed E-state index contributed by atoms with van der Waals surface area (Å²) in [7, 11) is -3.46. The van der Waals surface area contributed by atoms with Crippen molar-refractivity contribution in [2.45, 2.75) is 10.6 Å². The number of rotatable bonds is 3. The zero-order valence-electron chi connectivity index (χ0n) is 11.3. The summed E-state index contributed by atoms with van der Waals surface area (Å²) in [6, 6.07) is 15.0. The van der Waals surface area contributed by atoms with Gasteiger partial charge in [-0.15, -0.1) is 0 Å². The Kier molecular flexibility index (Phi) is 4.08. The number of pyridine rings is 1. The molecule has 1 aromatic heterocycles. The van der Waals surface area contributed by atoms with Gasteiger partial charge in [-0.2, -0.15) is 0 Å². The molecule has 0 atom stereocenters. The summed E-state index contributed by atoms with van der Waals surface area (Å²) in [5, 5.41) is 1.98. The molecule has 3 nitrogen and oxygen atoms in total. The number of hydrogen-bond donors (Lipinski definition) is 0. The molecule has 0 amide bonds. The predicted molar refractivity (Wildman–Crippen MR) is 89.1 cm³/mol. The van der Waals surface area contributed by atoms with Crippen LogP contribution in [0.15, 0.2) is 59.5 Å². The summed E-state index contributed by atoms with van der Waals surface area (Å²) in [5.74, 6) is -0.170. The minimum absolute atomic E-state index is 0.170. The first-order valence-corrected chi connectivity index (χ1v) is 8.88. The van der Waals surface area contributed by atoms with E-state index in [1.807, 2.05) is 12.1 Å². The van der Waals surface area contributed by atoms with Crippen molar-refractivity contribution >= 4 is 43.9 Å². The van der Waals surface area contributed by atoms with Crippen LogP contribution in [-0.2, 0) is 15.6 Å². The molecule has 0 aliphatic heterocycles. The van der Waals surface area contributed by atoms with Crippen LogP contribution in [0.2, 0.25) is 10.0 Å². The lowest BCUT2D eigenvalue weighted by molar-refractivity contribution is 0.594. The fraction of sp³-hybridized carbons (Fsp3) is 0.0625. The fourth-order valence-electron chi connectivity index (χ4n) is 2.13. The molecule has 1 heterocycles. The van der Waals surface area contributed by atoms with E-state index >= 15 is 0 Å². The van der Waals surface area contributed by atoms with Gasteiger partial charge in [-0.05, 0) is 42.5 Å². The van der Waals surface area contributed by atoms with Gasteiger partial charge in [0.15, 0.2) is 9.84 Å². The smallest absolute Gasteiger partial charge is 0.184 e. The van der Waals surface area contributed by atoms with E-state index in [0.29, 0.717) is 21.3 Å². The molecule has 6 heteroatoms. The molecule has 0 aliphatic rings. The number of hydrogen-bond acceptors (Lipinski definition) is 3. The molecule has 0 unspecified atom stereocenters. The van der Waals surface area contributed by atoms with E-state index in [1.54, 1.807) is 30.3 Å². The normalized spacial score (nSPS) is 11.7. The molecule has 2 aromatic carbocycles. The molecule has 0 spiro atoms. The van der Waals surface area contributed by atoms with Crippen molar-refractivity contribution in [3.63, 3.8) is 0 Å². The van der Waals surface area contributed by atoms with Gasteiger partial charge < -0.3 is 0 Å². The van der Waals surface area contributed by atoms with E-state index in [1.165, 1.54) is 12.1 Å². The van der Waals surface area contributed by atoms with Crippen molar-refractivity contribution in [2.24, 2.45) is 0 Å². The van der Waals surface area contributed by atoms with Crippen LogP contribution in [0.1, 0.15) is 5.69 Å². The van der Waals surface area contributed by atoms with Crippen LogP contribution in [0.25, 0.3) is 10.9 Å². The SMILES string of the molecule is O=S(=O)(Cc1ccc2ccc(Cl)cc2n1)c1ccc(Cl)cc1. The molecule has 0 saturated carbocycles. The molecule has 3 rings (SSSR count). The van der Waals surface area contributed by atoms with Gasteiger partial charge in [0.25, 0.3) is 0 Å². The second-order valence-electron chi connectivity index (χ2n) is 4.85. The van der Waals surface area contributed by atoms with Gasteiger partial charge in [0.1, 0.15) is 0 Å². The third-order valence-corrected chi connectivity index (χ3v) is 5.38. The fourth-order valence-corrected chi connectivity index (χ4v) is 3.69. The standard InChI is InChI=1S/C16H11Cl2NO2S/c17-12-4-7-15(8-5-12)22(20,21)10-14-6-2-11-1-3-13(18)9-16(11)19-14/h1-9H,10H2. The number of sulfone groups is 1. The first-order valence-electron chi connectivity index (χ1n) is 6.47. The summed E-state index contributed by atoms with van der Waals surface area (Å²) in [6.45, 7) is 0. The van der Waals surface area contributed by atoms with Gasteiger partial charge in [0.05, 0.1) is 21.9 Å². The molecule has 0 radical (unpaired) electrons. The zero-order chi connectivity index (χ0) is 15.7. The highest BCUT2D eigenvalue weighted by molar-refractivity contribution is 7.90. The highest BCUT2D eigenvalue weighted by Gasteiger charge is 2.16. The average molecular weight is 352 g/mol. The maximum atomic E-state index is 12.4. The maximum Gasteiger partial charge on any atom is 0.184 e. The molecule has 3 aromatic rings. The number of nitrogens with zero attached hydrogens (tertiary/aromatic N) is 1. The van der Waals surface area contributed by atoms with Crippen LogP contribution < -0.4 is 0 Å². The van der Waals surface area contributed by atoms with Crippen LogP contribution in [0.5, 0.6) is 0 Å². The molecule has 22 heavy (non-hydrogen) atoms. The van der Waals surface area contributed by atoms with Crippen LogP contribution in [-0.4, -0.2) is 13.4 Å². The van der Waals surface area contributed by atoms with Gasteiger partial charge >= 0.3 is 0 Å². The maximum absolute atomic E-state index is 12.4. The third-order valence-electron chi connectivity index (χ3n) is 3.22. The van der Waals surface area contributed by atoms with Crippen molar-refractivity contribution in [2.75, 3.05) is 0 Å². The lowest BCUT2D eigenvalue weighted by Crippen LogP contribution is -2.06. The second-order valence-corrected chi connectivity index (χ2v) is 7.72. The monoisotopic (exact) mass is 351 g/mol. The van der Waals surface area contributed by atoms with Crippen LogP contribution in [0.4, 0.5) is 0 Å². The second kappa shape index (κ2) is 5.88. The van der Waals surface area contributed by atoms with Gasteiger partial charge in [0, 0.05) is 15.4 Å². The van der Waals surface area contributed by atoms with E-state index in [0.717, 1.165) is 5.39 Å². The predicted octanol–water partition coefficient (Wildman–Crippen LogP) is 4.52. The Balaban J connectivity index is 1.96. The van der Waals surface area contributed by atoms with Gasteiger partial charge in [-0.3, -0.25) is 4.98 Å². The van der Waals surface area contributed by atoms with E-state index in [9.17, 15) is 8.42 Å². The van der Waals surface area contributed by atoms with Gasteiger partial charge in [-0.25, -0.2) is 8.42 Å². The summed E-state index contributed by atoms with van der Waals surface area (Å²) in [4.78, 5) is 4.60. The first kappa shape index (κ1) is 15.3. The molecule has 0 fully saturated rings. The van der Waals surface area contributed by atoms with Crippen LogP contribution >= 0.6 is 23.2 Å². The first-order chi connectivity index (χ1) is 10.4. The molecule has 0 bridgehead atoms. The largest absolute Gasteiger partial charge is 0.252 e. The molecular formula is C16H11Cl2NO2S. The number of fused-ring (bicyclic) bond motifs is 1. The number of halogens is 2. The lowest BCUT2D eigenvalue weighted by Gasteiger charge is -2.06. The van der Waals surface area contributed by atoms with E-state index < -0.39 is 9.84 Å². The molecular weight excluding hydrogens is 341 g/mol. The molecule has 0 N–H and O–H groups in total. The Labute approximate surface area is 138 Å². The Morgan fingerprint density at radius 2 is 1.50 bits per heavy atom. The van der Waals surface area contributed by atoms with Crippen molar-refractivity contribution in [1.29, 1.82) is 0 Å². The van der Waals surface area contributed by atoms with Crippen LogP contribution in [0, 0.1) is 0 Å². The van der Waals surface area contributed by atoms with Gasteiger partial charge in [-0.1, -0.05) is 35.3 Å². The Morgan fingerprint density at radius 1 is 0.864 bits per heavy atom. The van der Waals surface area contributed by atoms with E-state index in [4.69, 9.17) is 23.2 Å². The summed E-state index contributed by atoms with van der Waals surface area (Å²) < 4.78 is 24.8. The summed E-state index contributed by atoms with van der Waals surface area (Å²) >= 11 is 11.7. The number of aromatic nitrogens is 1. The molecule has 0 aliphatic carbocycles. The van der Waals surface area contributed by atoms with Crippen molar-refractivity contribution in [3.05, 3.63) is 70.3 Å². The Hall–Kier alpha value is -1.62. The summed E-state index contributed by atoms with van der Waals surface area (Å²) in [6.07, 6.45) is 0. The number of benzene rings is 2. The Bertz CT molecular complexity index is 938. The lowest BCUT2D eigenvalue weighted by atomic mass is 10.2. The van der Waals surface area contributed by atoms with E-state index in [2.05, 4.69) is 4.98 Å². The Morgan fingerprint density at radius 3 is 2.23 bits per heavy atom. The van der Waals surface area contributed by atoms with Crippen molar-refractivity contribution < 1.29 is 8.42 Å². The third kappa shape index (κ3) is 3.24. The highest BCUT2D eigenvalue weighted by atomic mass is 35.5. The minimum atomic E-state index is -3.46.